The van der Waals surface area contributed by atoms with Gasteiger partial charge in [0.1, 0.15) is 11.4 Å². The van der Waals surface area contributed by atoms with Crippen molar-refractivity contribution in [3.8, 4) is 11.5 Å². The number of ether oxygens (including phenoxy) is 2. The molecule has 0 radical (unpaired) electrons. The molecule has 3 atom stereocenters. The van der Waals surface area contributed by atoms with E-state index >= 15 is 0 Å². The molecule has 0 aliphatic carbocycles. The summed E-state index contributed by atoms with van der Waals surface area (Å²) in [6, 6.07) is 13.5. The maximum absolute atomic E-state index is 13.2. The topological polar surface area (TPSA) is 67.9 Å². The molecule has 2 amide bonds. The van der Waals surface area contributed by atoms with Crippen molar-refractivity contribution in [3.63, 3.8) is 0 Å². The molecule has 6 nitrogen and oxygen atoms in total. The Hall–Kier alpha value is -2.67. The summed E-state index contributed by atoms with van der Waals surface area (Å²) >= 11 is 1.61. The second-order valence-corrected chi connectivity index (χ2v) is 8.73. The Kier molecular flexibility index (Phi) is 5.90. The van der Waals surface area contributed by atoms with Gasteiger partial charge in [-0.3, -0.25) is 9.59 Å². The zero-order valence-electron chi connectivity index (χ0n) is 17.4. The van der Waals surface area contributed by atoms with Gasteiger partial charge in [-0.1, -0.05) is 36.4 Å². The second-order valence-electron chi connectivity index (χ2n) is 7.61. The SMILES string of the molecule is COc1ccc2c(c1OC)C(=O)N1C2SC[C@H]1C(=O)NC(C)CCc1ccccc1. The minimum absolute atomic E-state index is 0.0245. The number of hydrogen-bond acceptors (Lipinski definition) is 5. The first-order valence-electron chi connectivity index (χ1n) is 10.1. The molecule has 1 saturated heterocycles. The van der Waals surface area contributed by atoms with Gasteiger partial charge in [0, 0.05) is 17.4 Å². The van der Waals surface area contributed by atoms with Crippen LogP contribution < -0.4 is 14.8 Å². The van der Waals surface area contributed by atoms with Crippen LogP contribution in [0.25, 0.3) is 0 Å². The Morgan fingerprint density at radius 2 is 1.97 bits per heavy atom. The molecule has 30 heavy (non-hydrogen) atoms. The van der Waals surface area contributed by atoms with Crippen molar-refractivity contribution >= 4 is 23.6 Å². The maximum Gasteiger partial charge on any atom is 0.260 e. The summed E-state index contributed by atoms with van der Waals surface area (Å²) in [5.41, 5.74) is 2.64. The minimum atomic E-state index is -0.491. The van der Waals surface area contributed by atoms with E-state index in [1.54, 1.807) is 23.8 Å². The molecule has 2 unspecified atom stereocenters. The Bertz CT molecular complexity index is 950. The number of benzene rings is 2. The lowest BCUT2D eigenvalue weighted by molar-refractivity contribution is -0.125. The Balaban J connectivity index is 1.45. The van der Waals surface area contributed by atoms with Crippen molar-refractivity contribution in [1.29, 1.82) is 0 Å². The van der Waals surface area contributed by atoms with E-state index in [-0.39, 0.29) is 23.2 Å². The van der Waals surface area contributed by atoms with Gasteiger partial charge in [0.15, 0.2) is 11.5 Å². The highest BCUT2D eigenvalue weighted by Gasteiger charge is 2.50. The third-order valence-electron chi connectivity index (χ3n) is 5.69. The van der Waals surface area contributed by atoms with Gasteiger partial charge in [-0.25, -0.2) is 0 Å². The average molecular weight is 427 g/mol. The van der Waals surface area contributed by atoms with Crippen LogP contribution in [0.15, 0.2) is 42.5 Å². The number of aryl methyl sites for hydroxylation is 1. The van der Waals surface area contributed by atoms with E-state index in [4.69, 9.17) is 9.47 Å². The third kappa shape index (κ3) is 3.62. The Morgan fingerprint density at radius 1 is 1.20 bits per heavy atom. The Morgan fingerprint density at radius 3 is 2.67 bits per heavy atom. The smallest absolute Gasteiger partial charge is 0.260 e. The number of amides is 2. The first-order valence-corrected chi connectivity index (χ1v) is 11.1. The van der Waals surface area contributed by atoms with E-state index in [0.29, 0.717) is 22.8 Å². The van der Waals surface area contributed by atoms with Crippen LogP contribution in [-0.4, -0.2) is 48.8 Å². The molecule has 2 aliphatic rings. The predicted octanol–water partition coefficient (Wildman–Crippen LogP) is 3.41. The molecule has 1 fully saturated rings. The number of methoxy groups -OCH3 is 2. The normalized spacial score (nSPS) is 20.5. The molecule has 4 rings (SSSR count). The van der Waals surface area contributed by atoms with Gasteiger partial charge in [0.2, 0.25) is 5.91 Å². The zero-order chi connectivity index (χ0) is 21.3. The summed E-state index contributed by atoms with van der Waals surface area (Å²) in [5, 5.41) is 2.94. The number of nitrogens with one attached hydrogen (secondary N) is 1. The first-order chi connectivity index (χ1) is 14.5. The van der Waals surface area contributed by atoms with Crippen LogP contribution in [0.5, 0.6) is 11.5 Å². The van der Waals surface area contributed by atoms with E-state index in [1.807, 2.05) is 37.3 Å². The summed E-state index contributed by atoms with van der Waals surface area (Å²) in [4.78, 5) is 27.9. The molecule has 7 heteroatoms. The van der Waals surface area contributed by atoms with Crippen molar-refractivity contribution in [2.75, 3.05) is 20.0 Å². The quantitative estimate of drug-likeness (QED) is 0.735. The highest BCUT2D eigenvalue weighted by molar-refractivity contribution is 7.99. The molecule has 2 aromatic carbocycles. The molecule has 2 aromatic rings. The van der Waals surface area contributed by atoms with Gasteiger partial charge in [-0.15, -0.1) is 11.8 Å². The monoisotopic (exact) mass is 426 g/mol. The van der Waals surface area contributed by atoms with E-state index < -0.39 is 6.04 Å². The van der Waals surface area contributed by atoms with E-state index in [2.05, 4.69) is 17.4 Å². The van der Waals surface area contributed by atoms with Gasteiger partial charge in [-0.2, -0.15) is 0 Å². The highest BCUT2D eigenvalue weighted by atomic mass is 32.2. The molecule has 0 saturated carbocycles. The molecule has 0 spiro atoms. The van der Waals surface area contributed by atoms with Crippen LogP contribution in [-0.2, 0) is 11.2 Å². The third-order valence-corrected chi connectivity index (χ3v) is 7.00. The standard InChI is InChI=1S/C23H26N2O4S/c1-14(9-10-15-7-5-4-6-8-15)24-21(26)17-13-30-23-16-11-12-18(28-2)20(29-3)19(16)22(27)25(17)23/h4-8,11-12,14,17,23H,9-10,13H2,1-3H3,(H,24,26)/t14?,17-,23?/m0/s1. The van der Waals surface area contributed by atoms with E-state index in [0.717, 1.165) is 18.4 Å². The highest BCUT2D eigenvalue weighted by Crippen LogP contribution is 2.52. The fourth-order valence-corrected chi connectivity index (χ4v) is 5.59. The van der Waals surface area contributed by atoms with Crippen LogP contribution in [0.1, 0.15) is 40.2 Å². The van der Waals surface area contributed by atoms with Crippen molar-refractivity contribution in [2.24, 2.45) is 0 Å². The number of fused-ring (bicyclic) bond motifs is 3. The number of thioether (sulfide) groups is 1. The Labute approximate surface area is 180 Å². The number of carbonyl (C=O) groups is 2. The van der Waals surface area contributed by atoms with Crippen molar-refractivity contribution in [1.82, 2.24) is 10.2 Å². The average Bonchev–Trinajstić information content (AvgIpc) is 3.32. The van der Waals surface area contributed by atoms with Crippen molar-refractivity contribution in [3.05, 3.63) is 59.2 Å². The molecule has 2 heterocycles. The minimum Gasteiger partial charge on any atom is -0.493 e. The number of carbonyl (C=O) groups excluding carboxylic acids is 2. The van der Waals surface area contributed by atoms with Gasteiger partial charge in [0.25, 0.3) is 5.91 Å². The second kappa shape index (κ2) is 8.60. The van der Waals surface area contributed by atoms with Crippen LogP contribution in [0.4, 0.5) is 0 Å². The molecular weight excluding hydrogens is 400 g/mol. The van der Waals surface area contributed by atoms with Crippen LogP contribution in [0, 0.1) is 0 Å². The number of rotatable bonds is 7. The fraction of sp³-hybridized carbons (Fsp3) is 0.391. The predicted molar refractivity (Wildman–Crippen MR) is 117 cm³/mol. The maximum atomic E-state index is 13.2. The van der Waals surface area contributed by atoms with Crippen LogP contribution in [0.3, 0.4) is 0 Å². The van der Waals surface area contributed by atoms with Gasteiger partial charge in [0.05, 0.1) is 19.8 Å². The largest absolute Gasteiger partial charge is 0.493 e. The summed E-state index contributed by atoms with van der Waals surface area (Å²) in [6.45, 7) is 2.01. The lowest BCUT2D eigenvalue weighted by atomic mass is 10.1. The lowest BCUT2D eigenvalue weighted by Crippen LogP contribution is -2.48. The van der Waals surface area contributed by atoms with E-state index in [1.165, 1.54) is 12.7 Å². The van der Waals surface area contributed by atoms with Gasteiger partial charge < -0.3 is 19.7 Å². The number of nitrogens with zero attached hydrogens (tertiary/aromatic N) is 1. The molecular formula is C23H26N2O4S. The van der Waals surface area contributed by atoms with Crippen molar-refractivity contribution < 1.29 is 19.1 Å². The zero-order valence-corrected chi connectivity index (χ0v) is 18.2. The molecule has 1 N–H and O–H groups in total. The van der Waals surface area contributed by atoms with Crippen molar-refractivity contribution in [2.45, 2.75) is 37.2 Å². The lowest BCUT2D eigenvalue weighted by Gasteiger charge is -2.24. The summed E-state index contributed by atoms with van der Waals surface area (Å²) in [6.07, 6.45) is 1.74. The first kappa shape index (κ1) is 20.6. The molecule has 2 aliphatic heterocycles. The molecule has 0 aromatic heterocycles. The summed E-state index contributed by atoms with van der Waals surface area (Å²) in [7, 11) is 3.08. The number of hydrogen-bond donors (Lipinski definition) is 1. The summed E-state index contributed by atoms with van der Waals surface area (Å²) in [5.74, 6) is 1.27. The molecule has 0 bridgehead atoms. The summed E-state index contributed by atoms with van der Waals surface area (Å²) < 4.78 is 10.8. The molecule has 158 valence electrons. The fourth-order valence-electron chi connectivity index (χ4n) is 4.13. The van der Waals surface area contributed by atoms with Gasteiger partial charge >= 0.3 is 0 Å². The van der Waals surface area contributed by atoms with E-state index in [9.17, 15) is 9.59 Å². The van der Waals surface area contributed by atoms with Crippen LogP contribution in [0.2, 0.25) is 0 Å². The van der Waals surface area contributed by atoms with Crippen LogP contribution >= 0.6 is 11.8 Å². The van der Waals surface area contributed by atoms with Gasteiger partial charge in [-0.05, 0) is 31.4 Å².